The van der Waals surface area contributed by atoms with Gasteiger partial charge in [0.1, 0.15) is 5.69 Å². The lowest BCUT2D eigenvalue weighted by Crippen LogP contribution is -2.05. The van der Waals surface area contributed by atoms with Gasteiger partial charge in [-0.3, -0.25) is 10.1 Å². The van der Waals surface area contributed by atoms with Crippen LogP contribution < -0.4 is 14.8 Å². The zero-order valence-corrected chi connectivity index (χ0v) is 12.2. The van der Waals surface area contributed by atoms with Crippen LogP contribution in [0.1, 0.15) is 5.56 Å². The number of nitro benzene ring substituents is 1. The third-order valence-electron chi connectivity index (χ3n) is 3.03. The fraction of sp³-hybridized carbons (Fsp3) is 0.200. The van der Waals surface area contributed by atoms with Crippen LogP contribution >= 0.6 is 0 Å². The van der Waals surface area contributed by atoms with E-state index < -0.39 is 11.5 Å². The molecule has 0 aliphatic heterocycles. The number of methoxy groups -OCH3 is 1. The van der Waals surface area contributed by atoms with E-state index in [4.69, 9.17) is 4.74 Å². The number of anilines is 1. The SMILES string of the molecule is COc1cc(CNc2ccccc2[N+](=O)[O-])ccc1OC(F)F. The van der Waals surface area contributed by atoms with Crippen molar-refractivity contribution in [1.82, 2.24) is 0 Å². The summed E-state index contributed by atoms with van der Waals surface area (Å²) in [6.45, 7) is -2.68. The molecule has 0 bridgehead atoms. The lowest BCUT2D eigenvalue weighted by Gasteiger charge is -2.12. The summed E-state index contributed by atoms with van der Waals surface area (Å²) < 4.78 is 33.9. The van der Waals surface area contributed by atoms with Crippen molar-refractivity contribution >= 4 is 11.4 Å². The highest BCUT2D eigenvalue weighted by Gasteiger charge is 2.13. The van der Waals surface area contributed by atoms with Gasteiger partial charge in [-0.1, -0.05) is 18.2 Å². The second-order valence-electron chi connectivity index (χ2n) is 4.49. The summed E-state index contributed by atoms with van der Waals surface area (Å²) in [7, 11) is 1.34. The molecule has 0 aromatic heterocycles. The number of alkyl halides is 2. The van der Waals surface area contributed by atoms with Crippen LogP contribution in [0.4, 0.5) is 20.2 Å². The van der Waals surface area contributed by atoms with E-state index >= 15 is 0 Å². The van der Waals surface area contributed by atoms with E-state index in [9.17, 15) is 18.9 Å². The molecule has 23 heavy (non-hydrogen) atoms. The first-order chi connectivity index (χ1) is 11.0. The molecule has 0 radical (unpaired) electrons. The predicted octanol–water partition coefficient (Wildman–Crippen LogP) is 3.82. The normalized spacial score (nSPS) is 10.4. The molecule has 0 atom stereocenters. The van der Waals surface area contributed by atoms with E-state index in [1.165, 1.54) is 25.3 Å². The fourth-order valence-corrected chi connectivity index (χ4v) is 1.99. The Hall–Kier alpha value is -2.90. The van der Waals surface area contributed by atoms with Crippen molar-refractivity contribution in [3.05, 3.63) is 58.1 Å². The van der Waals surface area contributed by atoms with E-state index in [1.807, 2.05) is 0 Å². The minimum absolute atomic E-state index is 0.0443. The molecule has 122 valence electrons. The standard InChI is InChI=1S/C15H14F2N2O4/c1-22-14-8-10(6-7-13(14)23-15(16)17)9-18-11-4-2-3-5-12(11)19(20)21/h2-8,15,18H,9H2,1H3. The third-order valence-corrected chi connectivity index (χ3v) is 3.03. The average molecular weight is 324 g/mol. The number of nitrogens with one attached hydrogen (secondary N) is 1. The van der Waals surface area contributed by atoms with Crippen LogP contribution in [-0.2, 0) is 6.54 Å². The Bertz CT molecular complexity index is 695. The van der Waals surface area contributed by atoms with Crippen molar-refractivity contribution in [2.75, 3.05) is 12.4 Å². The Labute approximate surface area is 130 Å². The molecule has 0 saturated carbocycles. The monoisotopic (exact) mass is 324 g/mol. The van der Waals surface area contributed by atoms with Crippen molar-refractivity contribution in [3.63, 3.8) is 0 Å². The van der Waals surface area contributed by atoms with E-state index in [1.54, 1.807) is 24.3 Å². The van der Waals surface area contributed by atoms with E-state index in [2.05, 4.69) is 10.1 Å². The van der Waals surface area contributed by atoms with Crippen molar-refractivity contribution in [3.8, 4) is 11.5 Å². The van der Waals surface area contributed by atoms with Gasteiger partial charge in [-0.05, 0) is 23.8 Å². The van der Waals surface area contributed by atoms with Crippen molar-refractivity contribution in [2.45, 2.75) is 13.2 Å². The van der Waals surface area contributed by atoms with E-state index in [0.29, 0.717) is 11.3 Å². The van der Waals surface area contributed by atoms with Crippen LogP contribution in [0.2, 0.25) is 0 Å². The maximum absolute atomic E-state index is 12.3. The molecular formula is C15H14F2N2O4. The maximum Gasteiger partial charge on any atom is 0.387 e. The molecule has 0 saturated heterocycles. The third kappa shape index (κ3) is 4.29. The maximum atomic E-state index is 12.3. The molecule has 2 rings (SSSR count). The van der Waals surface area contributed by atoms with Gasteiger partial charge in [0, 0.05) is 12.6 Å². The number of rotatable bonds is 7. The zero-order valence-electron chi connectivity index (χ0n) is 12.2. The van der Waals surface area contributed by atoms with Crippen LogP contribution in [0.5, 0.6) is 11.5 Å². The first-order valence-corrected chi connectivity index (χ1v) is 6.60. The van der Waals surface area contributed by atoms with Crippen LogP contribution in [0.15, 0.2) is 42.5 Å². The predicted molar refractivity (Wildman–Crippen MR) is 80.0 cm³/mol. The van der Waals surface area contributed by atoms with Gasteiger partial charge in [-0.15, -0.1) is 0 Å². The molecule has 0 fully saturated rings. The number of hydrogen-bond donors (Lipinski definition) is 1. The number of ether oxygens (including phenoxy) is 2. The molecule has 2 aromatic rings. The molecule has 0 aliphatic rings. The quantitative estimate of drug-likeness (QED) is 0.619. The second kappa shape index (κ2) is 7.39. The molecule has 1 N–H and O–H groups in total. The second-order valence-corrected chi connectivity index (χ2v) is 4.49. The van der Waals surface area contributed by atoms with E-state index in [0.717, 1.165) is 0 Å². The molecule has 0 unspecified atom stereocenters. The summed E-state index contributed by atoms with van der Waals surface area (Å²) in [5.41, 5.74) is 1.02. The molecular weight excluding hydrogens is 310 g/mol. The topological polar surface area (TPSA) is 73.6 Å². The number of para-hydroxylation sites is 2. The van der Waals surface area contributed by atoms with Gasteiger partial charge in [0.15, 0.2) is 11.5 Å². The lowest BCUT2D eigenvalue weighted by atomic mass is 10.2. The van der Waals surface area contributed by atoms with Crippen LogP contribution in [0.25, 0.3) is 0 Å². The van der Waals surface area contributed by atoms with Crippen molar-refractivity contribution in [2.24, 2.45) is 0 Å². The van der Waals surface area contributed by atoms with E-state index in [-0.39, 0.29) is 23.7 Å². The molecule has 2 aromatic carbocycles. The Morgan fingerprint density at radius 3 is 2.61 bits per heavy atom. The van der Waals surface area contributed by atoms with Crippen molar-refractivity contribution in [1.29, 1.82) is 0 Å². The molecule has 0 spiro atoms. The zero-order chi connectivity index (χ0) is 16.8. The van der Waals surface area contributed by atoms with Gasteiger partial charge < -0.3 is 14.8 Å². The minimum atomic E-state index is -2.94. The Balaban J connectivity index is 2.14. The summed E-state index contributed by atoms with van der Waals surface area (Å²) in [5, 5.41) is 13.9. The van der Waals surface area contributed by atoms with Gasteiger partial charge in [0.2, 0.25) is 0 Å². The Morgan fingerprint density at radius 1 is 1.22 bits per heavy atom. The molecule has 0 aliphatic carbocycles. The van der Waals surface area contributed by atoms with Gasteiger partial charge in [0.05, 0.1) is 12.0 Å². The number of benzene rings is 2. The summed E-state index contributed by atoms with van der Waals surface area (Å²) in [5.74, 6) is 0.0871. The minimum Gasteiger partial charge on any atom is -0.493 e. The van der Waals surface area contributed by atoms with Crippen LogP contribution in [0.3, 0.4) is 0 Å². The number of nitro groups is 1. The summed E-state index contributed by atoms with van der Waals surface area (Å²) in [6, 6.07) is 10.7. The van der Waals surface area contributed by atoms with Crippen LogP contribution in [-0.4, -0.2) is 18.6 Å². The molecule has 6 nitrogen and oxygen atoms in total. The van der Waals surface area contributed by atoms with Gasteiger partial charge >= 0.3 is 6.61 Å². The molecule has 0 amide bonds. The lowest BCUT2D eigenvalue weighted by molar-refractivity contribution is -0.384. The summed E-state index contributed by atoms with van der Waals surface area (Å²) in [4.78, 5) is 10.5. The highest BCUT2D eigenvalue weighted by atomic mass is 19.3. The molecule has 8 heteroatoms. The summed E-state index contributed by atoms with van der Waals surface area (Å²) >= 11 is 0. The van der Waals surface area contributed by atoms with Crippen LogP contribution in [0, 0.1) is 10.1 Å². The number of halogens is 2. The van der Waals surface area contributed by atoms with Crippen molar-refractivity contribution < 1.29 is 23.2 Å². The first-order valence-electron chi connectivity index (χ1n) is 6.60. The van der Waals surface area contributed by atoms with Gasteiger partial charge in [-0.25, -0.2) is 0 Å². The van der Waals surface area contributed by atoms with Gasteiger partial charge in [-0.2, -0.15) is 8.78 Å². The average Bonchev–Trinajstić information content (AvgIpc) is 2.53. The number of hydrogen-bond acceptors (Lipinski definition) is 5. The molecule has 0 heterocycles. The Kier molecular flexibility index (Phi) is 5.29. The Morgan fingerprint density at radius 2 is 1.96 bits per heavy atom. The largest absolute Gasteiger partial charge is 0.493 e. The summed E-state index contributed by atoms with van der Waals surface area (Å²) in [6.07, 6.45) is 0. The van der Waals surface area contributed by atoms with Gasteiger partial charge in [0.25, 0.3) is 5.69 Å². The highest BCUT2D eigenvalue weighted by Crippen LogP contribution is 2.30. The smallest absolute Gasteiger partial charge is 0.387 e. The fourth-order valence-electron chi connectivity index (χ4n) is 1.99. The first kappa shape index (κ1) is 16.5. The highest BCUT2D eigenvalue weighted by molar-refractivity contribution is 5.61. The number of nitrogens with zero attached hydrogens (tertiary/aromatic N) is 1.